The summed E-state index contributed by atoms with van der Waals surface area (Å²) in [4.78, 5) is 13.9. The molecule has 0 aliphatic carbocycles. The zero-order valence-corrected chi connectivity index (χ0v) is 9.78. The van der Waals surface area contributed by atoms with Gasteiger partial charge in [-0.15, -0.1) is 5.10 Å². The topological polar surface area (TPSA) is 72.1 Å². The van der Waals surface area contributed by atoms with Gasteiger partial charge in [-0.3, -0.25) is 4.79 Å². The molecule has 2 heterocycles. The lowest BCUT2D eigenvalue weighted by molar-refractivity contribution is 0.0984. The summed E-state index contributed by atoms with van der Waals surface area (Å²) in [5, 5.41) is 5.46. The highest BCUT2D eigenvalue weighted by atomic mass is 32.1. The molecule has 1 aliphatic rings. The number of fused-ring (bicyclic) bond motifs is 1. The van der Waals surface area contributed by atoms with Gasteiger partial charge in [-0.2, -0.15) is 0 Å². The number of nitrogens with two attached hydrogens (primary N) is 1. The van der Waals surface area contributed by atoms with E-state index < -0.39 is 0 Å². The largest absolute Gasteiger partial charge is 0.398 e. The van der Waals surface area contributed by atoms with E-state index in [1.165, 1.54) is 11.5 Å². The summed E-state index contributed by atoms with van der Waals surface area (Å²) in [6.07, 6.45) is 0.797. The van der Waals surface area contributed by atoms with Gasteiger partial charge >= 0.3 is 0 Å². The predicted octanol–water partition coefficient (Wildman–Crippen LogP) is 1.32. The van der Waals surface area contributed by atoms with Gasteiger partial charge in [0.25, 0.3) is 5.91 Å². The van der Waals surface area contributed by atoms with Gasteiger partial charge in [0.2, 0.25) is 0 Å². The standard InChI is InChI=1S/C11H10N4OS/c12-8-2-1-3-10-7(8)4-5-15(10)11(16)9-6-17-14-13-9/h1-3,6H,4-5,12H2. The number of anilines is 2. The molecule has 6 heteroatoms. The first kappa shape index (κ1) is 10.2. The molecule has 5 nitrogen and oxygen atoms in total. The number of hydrogen-bond donors (Lipinski definition) is 1. The Bertz CT molecular complexity index is 567. The highest BCUT2D eigenvalue weighted by molar-refractivity contribution is 7.03. The molecule has 2 aromatic rings. The second-order valence-corrected chi connectivity index (χ2v) is 4.45. The van der Waals surface area contributed by atoms with E-state index in [9.17, 15) is 4.79 Å². The van der Waals surface area contributed by atoms with Gasteiger partial charge in [-0.05, 0) is 30.1 Å². The molecule has 86 valence electrons. The molecule has 1 aromatic carbocycles. The Morgan fingerprint density at radius 2 is 2.35 bits per heavy atom. The van der Waals surface area contributed by atoms with Crippen LogP contribution in [0.1, 0.15) is 16.1 Å². The number of nitrogens with zero attached hydrogens (tertiary/aromatic N) is 3. The van der Waals surface area contributed by atoms with E-state index in [1.54, 1.807) is 10.3 Å². The number of carbonyl (C=O) groups is 1. The first-order valence-corrected chi connectivity index (χ1v) is 6.07. The normalized spacial score (nSPS) is 13.8. The zero-order chi connectivity index (χ0) is 11.8. The van der Waals surface area contributed by atoms with Crippen molar-refractivity contribution >= 4 is 28.8 Å². The molecule has 0 unspecified atom stereocenters. The maximum Gasteiger partial charge on any atom is 0.279 e. The molecule has 0 radical (unpaired) electrons. The Kier molecular flexibility index (Phi) is 2.29. The molecule has 17 heavy (non-hydrogen) atoms. The molecular weight excluding hydrogens is 236 g/mol. The second kappa shape index (κ2) is 3.81. The molecule has 1 aromatic heterocycles. The highest BCUT2D eigenvalue weighted by Crippen LogP contribution is 2.32. The Hall–Kier alpha value is -1.95. The second-order valence-electron chi connectivity index (χ2n) is 3.84. The summed E-state index contributed by atoms with van der Waals surface area (Å²) in [6.45, 7) is 0.653. The average molecular weight is 246 g/mol. The minimum atomic E-state index is -0.108. The summed E-state index contributed by atoms with van der Waals surface area (Å²) in [6, 6.07) is 5.63. The third-order valence-electron chi connectivity index (χ3n) is 2.89. The quantitative estimate of drug-likeness (QED) is 0.770. The van der Waals surface area contributed by atoms with Gasteiger partial charge in [-0.25, -0.2) is 0 Å². The molecule has 0 fully saturated rings. The van der Waals surface area contributed by atoms with Crippen molar-refractivity contribution in [2.24, 2.45) is 0 Å². The van der Waals surface area contributed by atoms with Crippen molar-refractivity contribution in [2.45, 2.75) is 6.42 Å². The van der Waals surface area contributed by atoms with Crippen molar-refractivity contribution in [3.8, 4) is 0 Å². The van der Waals surface area contributed by atoms with Crippen LogP contribution in [0.5, 0.6) is 0 Å². The molecule has 0 bridgehead atoms. The molecule has 2 N–H and O–H groups in total. The fourth-order valence-corrected chi connectivity index (χ4v) is 2.50. The van der Waals surface area contributed by atoms with Crippen LogP contribution >= 0.6 is 11.5 Å². The summed E-state index contributed by atoms with van der Waals surface area (Å²) in [7, 11) is 0. The predicted molar refractivity (Wildman–Crippen MR) is 66.1 cm³/mol. The Morgan fingerprint density at radius 3 is 3.12 bits per heavy atom. The lowest BCUT2D eigenvalue weighted by Gasteiger charge is -2.15. The monoisotopic (exact) mass is 246 g/mol. The number of carbonyl (C=O) groups excluding carboxylic acids is 1. The fourth-order valence-electron chi connectivity index (χ4n) is 2.07. The molecule has 0 atom stereocenters. The van der Waals surface area contributed by atoms with E-state index in [4.69, 9.17) is 5.73 Å². The lowest BCUT2D eigenvalue weighted by Crippen LogP contribution is -2.29. The summed E-state index contributed by atoms with van der Waals surface area (Å²) in [5.41, 5.74) is 8.96. The van der Waals surface area contributed by atoms with Crippen LogP contribution in [-0.4, -0.2) is 22.0 Å². The number of rotatable bonds is 1. The first-order chi connectivity index (χ1) is 8.27. The smallest absolute Gasteiger partial charge is 0.279 e. The van der Waals surface area contributed by atoms with Crippen LogP contribution in [0, 0.1) is 0 Å². The first-order valence-electron chi connectivity index (χ1n) is 5.23. The number of aromatic nitrogens is 2. The summed E-state index contributed by atoms with van der Waals surface area (Å²) in [5.74, 6) is -0.108. The lowest BCUT2D eigenvalue weighted by atomic mass is 10.1. The van der Waals surface area contributed by atoms with Crippen molar-refractivity contribution in [2.75, 3.05) is 17.2 Å². The molecule has 0 saturated heterocycles. The molecule has 0 saturated carbocycles. The molecular formula is C11H10N4OS. The van der Waals surface area contributed by atoms with Gasteiger partial charge in [0.1, 0.15) is 0 Å². The van der Waals surface area contributed by atoms with E-state index in [-0.39, 0.29) is 5.91 Å². The third-order valence-corrected chi connectivity index (χ3v) is 3.39. The Morgan fingerprint density at radius 1 is 1.47 bits per heavy atom. The minimum absolute atomic E-state index is 0.108. The van der Waals surface area contributed by atoms with Crippen molar-refractivity contribution in [3.05, 3.63) is 34.8 Å². The van der Waals surface area contributed by atoms with Gasteiger partial charge < -0.3 is 10.6 Å². The van der Waals surface area contributed by atoms with Crippen LogP contribution in [-0.2, 0) is 6.42 Å². The third kappa shape index (κ3) is 1.57. The van der Waals surface area contributed by atoms with Crippen LogP contribution in [0.25, 0.3) is 0 Å². The van der Waals surface area contributed by atoms with Crippen LogP contribution < -0.4 is 10.6 Å². The van der Waals surface area contributed by atoms with Crippen molar-refractivity contribution in [3.63, 3.8) is 0 Å². The van der Waals surface area contributed by atoms with E-state index in [2.05, 4.69) is 9.59 Å². The number of benzene rings is 1. The number of hydrogen-bond acceptors (Lipinski definition) is 5. The van der Waals surface area contributed by atoms with E-state index in [0.29, 0.717) is 12.2 Å². The minimum Gasteiger partial charge on any atom is -0.398 e. The average Bonchev–Trinajstić information content (AvgIpc) is 2.98. The fraction of sp³-hybridized carbons (Fsp3) is 0.182. The van der Waals surface area contributed by atoms with E-state index >= 15 is 0 Å². The van der Waals surface area contributed by atoms with Gasteiger partial charge in [0, 0.05) is 28.9 Å². The SMILES string of the molecule is Nc1cccc2c1CCN2C(=O)c1csnn1. The molecule has 1 amide bonds. The number of nitrogen functional groups attached to an aromatic ring is 1. The summed E-state index contributed by atoms with van der Waals surface area (Å²) < 4.78 is 3.71. The van der Waals surface area contributed by atoms with Crippen LogP contribution in [0.15, 0.2) is 23.6 Å². The molecule has 1 aliphatic heterocycles. The van der Waals surface area contributed by atoms with Crippen LogP contribution in [0.2, 0.25) is 0 Å². The van der Waals surface area contributed by atoms with Crippen molar-refractivity contribution in [1.82, 2.24) is 9.59 Å². The zero-order valence-electron chi connectivity index (χ0n) is 8.96. The summed E-state index contributed by atoms with van der Waals surface area (Å²) >= 11 is 1.18. The molecule has 0 spiro atoms. The Balaban J connectivity index is 1.99. The highest BCUT2D eigenvalue weighted by Gasteiger charge is 2.27. The van der Waals surface area contributed by atoms with Gasteiger partial charge in [0.05, 0.1) is 0 Å². The van der Waals surface area contributed by atoms with Gasteiger partial charge in [-0.1, -0.05) is 10.6 Å². The molecule has 3 rings (SSSR count). The number of amides is 1. The van der Waals surface area contributed by atoms with Crippen LogP contribution in [0.3, 0.4) is 0 Å². The van der Waals surface area contributed by atoms with Gasteiger partial charge in [0.15, 0.2) is 5.69 Å². The Labute approximate surface area is 102 Å². The van der Waals surface area contributed by atoms with Crippen molar-refractivity contribution < 1.29 is 4.79 Å². The maximum atomic E-state index is 12.2. The van der Waals surface area contributed by atoms with Crippen LogP contribution in [0.4, 0.5) is 11.4 Å². The van der Waals surface area contributed by atoms with E-state index in [0.717, 1.165) is 23.4 Å². The maximum absolute atomic E-state index is 12.2. The van der Waals surface area contributed by atoms with E-state index in [1.807, 2.05) is 18.2 Å². The van der Waals surface area contributed by atoms with Crippen molar-refractivity contribution in [1.29, 1.82) is 0 Å².